The topological polar surface area (TPSA) is 57.8 Å². The number of hydrogen-bond acceptors (Lipinski definition) is 3. The Morgan fingerprint density at radius 2 is 2.57 bits per heavy atom. The minimum Gasteiger partial charge on any atom is -0.349 e. The number of nitrogens with one attached hydrogen (secondary N) is 2. The fourth-order valence-electron chi connectivity index (χ4n) is 1.05. The molecule has 14 heavy (non-hydrogen) atoms. The van der Waals surface area contributed by atoms with Crippen LogP contribution in [0, 0.1) is 0 Å². The number of rotatable bonds is 5. The van der Waals surface area contributed by atoms with E-state index in [9.17, 15) is 4.79 Å². The van der Waals surface area contributed by atoms with Gasteiger partial charge in [0.25, 0.3) is 5.91 Å². The Balaban J connectivity index is 2.34. The van der Waals surface area contributed by atoms with Gasteiger partial charge in [-0.25, -0.2) is 0 Å². The first-order chi connectivity index (χ1) is 6.74. The summed E-state index contributed by atoms with van der Waals surface area (Å²) in [6, 6.07) is 0.213. The summed E-state index contributed by atoms with van der Waals surface area (Å²) in [6.07, 6.45) is 6.17. The highest BCUT2D eigenvalue weighted by atomic mass is 32.2. The van der Waals surface area contributed by atoms with Crippen LogP contribution in [0.3, 0.4) is 0 Å². The van der Waals surface area contributed by atoms with Crippen LogP contribution in [0.5, 0.6) is 0 Å². The van der Waals surface area contributed by atoms with E-state index in [1.54, 1.807) is 18.0 Å². The summed E-state index contributed by atoms with van der Waals surface area (Å²) >= 11 is 1.78. The molecule has 1 atom stereocenters. The maximum Gasteiger partial charge on any atom is 0.254 e. The Bertz CT molecular complexity index is 274. The van der Waals surface area contributed by atoms with E-state index in [-0.39, 0.29) is 11.9 Å². The van der Waals surface area contributed by atoms with Crippen LogP contribution in [0.15, 0.2) is 12.4 Å². The molecule has 0 bridgehead atoms. The standard InChI is InChI=1S/C9H15N3OS/c1-7(3-4-14-2)12-9(13)8-5-10-11-6-8/h5-7H,3-4H2,1-2H3,(H,10,11)(H,12,13). The molecule has 1 aromatic rings. The Morgan fingerprint density at radius 1 is 1.79 bits per heavy atom. The minimum atomic E-state index is -0.0626. The minimum absolute atomic E-state index is 0.0626. The number of nitrogens with zero attached hydrogens (tertiary/aromatic N) is 1. The Morgan fingerprint density at radius 3 is 3.14 bits per heavy atom. The van der Waals surface area contributed by atoms with Crippen LogP contribution < -0.4 is 5.32 Å². The zero-order valence-electron chi connectivity index (χ0n) is 8.41. The highest BCUT2D eigenvalue weighted by Crippen LogP contribution is 2.01. The Kier molecular flexibility index (Phi) is 4.52. The third-order valence-electron chi connectivity index (χ3n) is 1.89. The predicted octanol–water partition coefficient (Wildman–Crippen LogP) is 1.28. The summed E-state index contributed by atoms with van der Waals surface area (Å²) in [6.45, 7) is 2.01. The predicted molar refractivity (Wildman–Crippen MR) is 58.5 cm³/mol. The van der Waals surface area contributed by atoms with E-state index in [4.69, 9.17) is 0 Å². The highest BCUT2D eigenvalue weighted by molar-refractivity contribution is 7.98. The third-order valence-corrected chi connectivity index (χ3v) is 2.54. The van der Waals surface area contributed by atoms with Crippen molar-refractivity contribution in [3.05, 3.63) is 18.0 Å². The van der Waals surface area contributed by atoms with E-state index >= 15 is 0 Å². The molecule has 0 radical (unpaired) electrons. The van der Waals surface area contributed by atoms with Gasteiger partial charge in [0.05, 0.1) is 11.8 Å². The summed E-state index contributed by atoms with van der Waals surface area (Å²) in [5.74, 6) is 1.000. The Hall–Kier alpha value is -0.970. The van der Waals surface area contributed by atoms with Gasteiger partial charge in [0.1, 0.15) is 0 Å². The van der Waals surface area contributed by atoms with Gasteiger partial charge in [-0.3, -0.25) is 9.89 Å². The van der Waals surface area contributed by atoms with Crippen LogP contribution in [0.4, 0.5) is 0 Å². The summed E-state index contributed by atoms with van der Waals surface area (Å²) in [5.41, 5.74) is 0.584. The van der Waals surface area contributed by atoms with E-state index in [2.05, 4.69) is 21.8 Å². The summed E-state index contributed by atoms with van der Waals surface area (Å²) in [7, 11) is 0. The van der Waals surface area contributed by atoms with E-state index in [1.165, 1.54) is 6.20 Å². The zero-order valence-corrected chi connectivity index (χ0v) is 9.23. The maximum absolute atomic E-state index is 11.5. The number of carbonyl (C=O) groups excluding carboxylic acids is 1. The molecule has 0 fully saturated rings. The number of thioether (sulfide) groups is 1. The molecule has 0 aromatic carbocycles. The van der Waals surface area contributed by atoms with Crippen LogP contribution in [0.25, 0.3) is 0 Å². The van der Waals surface area contributed by atoms with Crippen molar-refractivity contribution in [3.8, 4) is 0 Å². The number of H-pyrrole nitrogens is 1. The normalized spacial score (nSPS) is 12.4. The molecular weight excluding hydrogens is 198 g/mol. The molecule has 5 heteroatoms. The van der Waals surface area contributed by atoms with Crippen molar-refractivity contribution < 1.29 is 4.79 Å². The lowest BCUT2D eigenvalue weighted by Gasteiger charge is -2.11. The second-order valence-electron chi connectivity index (χ2n) is 3.14. The molecular formula is C9H15N3OS. The smallest absolute Gasteiger partial charge is 0.254 e. The molecule has 78 valence electrons. The number of aromatic amines is 1. The van der Waals surface area contributed by atoms with Crippen molar-refractivity contribution in [2.45, 2.75) is 19.4 Å². The maximum atomic E-state index is 11.5. The van der Waals surface area contributed by atoms with Gasteiger partial charge < -0.3 is 5.32 Å². The Labute approximate surface area is 87.9 Å². The molecule has 0 spiro atoms. The van der Waals surface area contributed by atoms with Gasteiger partial charge in [-0.15, -0.1) is 0 Å². The molecule has 2 N–H and O–H groups in total. The van der Waals surface area contributed by atoms with Crippen LogP contribution in [-0.2, 0) is 0 Å². The molecule has 0 saturated carbocycles. The van der Waals surface area contributed by atoms with E-state index in [0.29, 0.717) is 5.56 Å². The van der Waals surface area contributed by atoms with Crippen molar-refractivity contribution >= 4 is 17.7 Å². The van der Waals surface area contributed by atoms with Gasteiger partial charge in [0, 0.05) is 12.2 Å². The number of amides is 1. The number of aromatic nitrogens is 2. The molecule has 1 heterocycles. The molecule has 1 unspecified atom stereocenters. The van der Waals surface area contributed by atoms with Gasteiger partial charge in [-0.05, 0) is 25.4 Å². The SMILES string of the molecule is CSCCC(C)NC(=O)c1cn[nH]c1. The van der Waals surface area contributed by atoms with E-state index in [0.717, 1.165) is 12.2 Å². The van der Waals surface area contributed by atoms with Crippen molar-refractivity contribution in [2.75, 3.05) is 12.0 Å². The number of carbonyl (C=O) groups is 1. The average molecular weight is 213 g/mol. The fourth-order valence-corrected chi connectivity index (χ4v) is 1.64. The molecule has 0 aliphatic rings. The second-order valence-corrected chi connectivity index (χ2v) is 4.13. The molecule has 4 nitrogen and oxygen atoms in total. The first-order valence-electron chi connectivity index (χ1n) is 4.52. The summed E-state index contributed by atoms with van der Waals surface area (Å²) in [4.78, 5) is 11.5. The number of hydrogen-bond donors (Lipinski definition) is 2. The largest absolute Gasteiger partial charge is 0.349 e. The summed E-state index contributed by atoms with van der Waals surface area (Å²) < 4.78 is 0. The quantitative estimate of drug-likeness (QED) is 0.774. The lowest BCUT2D eigenvalue weighted by Crippen LogP contribution is -2.32. The first kappa shape index (κ1) is 11.1. The summed E-state index contributed by atoms with van der Waals surface area (Å²) in [5, 5.41) is 9.24. The molecule has 0 aliphatic heterocycles. The van der Waals surface area contributed by atoms with Gasteiger partial charge in [-0.1, -0.05) is 0 Å². The second kappa shape index (κ2) is 5.70. The first-order valence-corrected chi connectivity index (χ1v) is 5.92. The molecule has 0 saturated heterocycles. The monoisotopic (exact) mass is 213 g/mol. The molecule has 1 rings (SSSR count). The lowest BCUT2D eigenvalue weighted by molar-refractivity contribution is 0.0939. The van der Waals surface area contributed by atoms with Crippen LogP contribution in [0.1, 0.15) is 23.7 Å². The van der Waals surface area contributed by atoms with Gasteiger partial charge in [0.15, 0.2) is 0 Å². The van der Waals surface area contributed by atoms with Gasteiger partial charge in [0.2, 0.25) is 0 Å². The van der Waals surface area contributed by atoms with Crippen LogP contribution >= 0.6 is 11.8 Å². The van der Waals surface area contributed by atoms with Crippen molar-refractivity contribution in [2.24, 2.45) is 0 Å². The zero-order chi connectivity index (χ0) is 10.4. The van der Waals surface area contributed by atoms with E-state index < -0.39 is 0 Å². The van der Waals surface area contributed by atoms with Gasteiger partial charge >= 0.3 is 0 Å². The average Bonchev–Trinajstić information content (AvgIpc) is 2.67. The van der Waals surface area contributed by atoms with Crippen molar-refractivity contribution in [1.29, 1.82) is 0 Å². The van der Waals surface area contributed by atoms with Crippen LogP contribution in [-0.4, -0.2) is 34.2 Å². The highest BCUT2D eigenvalue weighted by Gasteiger charge is 2.09. The molecule has 1 amide bonds. The third kappa shape index (κ3) is 3.41. The van der Waals surface area contributed by atoms with Crippen molar-refractivity contribution in [1.82, 2.24) is 15.5 Å². The molecule has 1 aromatic heterocycles. The van der Waals surface area contributed by atoms with Gasteiger partial charge in [-0.2, -0.15) is 16.9 Å². The molecule has 0 aliphatic carbocycles. The fraction of sp³-hybridized carbons (Fsp3) is 0.556. The van der Waals surface area contributed by atoms with Crippen LogP contribution in [0.2, 0.25) is 0 Å². The lowest BCUT2D eigenvalue weighted by atomic mass is 10.2. The van der Waals surface area contributed by atoms with E-state index in [1.807, 2.05) is 6.92 Å². The van der Waals surface area contributed by atoms with Crippen molar-refractivity contribution in [3.63, 3.8) is 0 Å².